The minimum absolute atomic E-state index is 0.264. The van der Waals surface area contributed by atoms with Crippen LogP contribution in [-0.4, -0.2) is 24.6 Å². The number of nitrogens with zero attached hydrogens (tertiary/aromatic N) is 2. The Labute approximate surface area is 220 Å². The minimum atomic E-state index is -0.991. The molecule has 0 amide bonds. The Bertz CT molecular complexity index is 1400. The molecule has 3 aromatic carbocycles. The Morgan fingerprint density at radius 3 is 2.27 bits per heavy atom. The third-order valence-corrected chi connectivity index (χ3v) is 7.88. The quantitative estimate of drug-likeness (QED) is 0.166. The molecule has 37 heavy (non-hydrogen) atoms. The molecule has 1 aliphatic heterocycles. The predicted octanol–water partition coefficient (Wildman–Crippen LogP) is 7.84. The molecule has 0 bridgehead atoms. The molecule has 4 aromatic rings. The number of aromatic nitrogens is 1. The maximum Gasteiger partial charge on any atom is 0.340 e. The number of carbonyl (C=O) groups excluding carboxylic acids is 1. The van der Waals surface area contributed by atoms with Crippen LogP contribution in [0, 0.1) is 6.92 Å². The number of esters is 1. The van der Waals surface area contributed by atoms with Crippen LogP contribution < -0.4 is 4.90 Å². The van der Waals surface area contributed by atoms with E-state index < -0.39 is 5.60 Å². The molecule has 5 rings (SSSR count). The van der Waals surface area contributed by atoms with Crippen LogP contribution >= 0.6 is 0 Å². The molecule has 0 N–H and O–H groups in total. The third kappa shape index (κ3) is 4.33. The van der Waals surface area contributed by atoms with Gasteiger partial charge in [0.15, 0.2) is 5.60 Å². The summed E-state index contributed by atoms with van der Waals surface area (Å²) in [5.74, 6) is -0.264. The lowest BCUT2D eigenvalue weighted by atomic mass is 9.78. The zero-order valence-electron chi connectivity index (χ0n) is 22.6. The largest absolute Gasteiger partial charge is 0.440 e. The molecule has 4 heteroatoms. The summed E-state index contributed by atoms with van der Waals surface area (Å²) in [4.78, 5) is 15.4. The third-order valence-electron chi connectivity index (χ3n) is 7.88. The minimum Gasteiger partial charge on any atom is -0.440 e. The number of fused-ring (bicyclic) bond motifs is 2. The standard InChI is InChI=1S/C33H38N2O2/c1-5-6-7-8-9-14-23-35-24(2)31(28-16-11-13-18-30(28)35)33(25-19-21-26(22-20-25)34(3)4)29-17-12-10-15-27(29)32(36)37-33/h10-13,15-22H,5-9,14,23H2,1-4H3. The van der Waals surface area contributed by atoms with Crippen molar-refractivity contribution in [2.45, 2.75) is 64.5 Å². The highest BCUT2D eigenvalue weighted by Crippen LogP contribution is 2.51. The lowest BCUT2D eigenvalue weighted by Gasteiger charge is -2.31. The van der Waals surface area contributed by atoms with Gasteiger partial charge in [0, 0.05) is 59.6 Å². The van der Waals surface area contributed by atoms with Gasteiger partial charge in [-0.15, -0.1) is 0 Å². The zero-order valence-corrected chi connectivity index (χ0v) is 22.6. The van der Waals surface area contributed by atoms with Crippen molar-refractivity contribution in [3.05, 3.63) is 101 Å². The molecule has 0 saturated heterocycles. The van der Waals surface area contributed by atoms with Gasteiger partial charge < -0.3 is 14.2 Å². The van der Waals surface area contributed by atoms with E-state index in [4.69, 9.17) is 4.74 Å². The van der Waals surface area contributed by atoms with Crippen molar-refractivity contribution in [3.63, 3.8) is 0 Å². The van der Waals surface area contributed by atoms with Gasteiger partial charge in [0.1, 0.15) is 0 Å². The number of benzene rings is 3. The maximum absolute atomic E-state index is 13.3. The first-order valence-electron chi connectivity index (χ1n) is 13.7. The number of aryl methyl sites for hydroxylation is 1. The van der Waals surface area contributed by atoms with Crippen LogP contribution in [0.1, 0.15) is 78.2 Å². The van der Waals surface area contributed by atoms with Gasteiger partial charge in [0.05, 0.1) is 5.56 Å². The van der Waals surface area contributed by atoms with Crippen molar-refractivity contribution in [2.24, 2.45) is 0 Å². The maximum atomic E-state index is 13.3. The van der Waals surface area contributed by atoms with E-state index in [-0.39, 0.29) is 5.97 Å². The highest BCUT2D eigenvalue weighted by molar-refractivity contribution is 5.98. The number of ether oxygens (including phenoxy) is 1. The lowest BCUT2D eigenvalue weighted by Crippen LogP contribution is -2.30. The molecule has 1 aromatic heterocycles. The van der Waals surface area contributed by atoms with Crippen molar-refractivity contribution in [1.82, 2.24) is 4.57 Å². The van der Waals surface area contributed by atoms with Crippen molar-refractivity contribution in [1.29, 1.82) is 0 Å². The molecular weight excluding hydrogens is 456 g/mol. The number of hydrogen-bond donors (Lipinski definition) is 0. The normalized spacial score (nSPS) is 16.7. The van der Waals surface area contributed by atoms with Gasteiger partial charge in [-0.1, -0.05) is 87.6 Å². The van der Waals surface area contributed by atoms with E-state index in [1.807, 2.05) is 32.3 Å². The Kier molecular flexibility index (Phi) is 7.10. The zero-order chi connectivity index (χ0) is 26.0. The van der Waals surface area contributed by atoms with E-state index in [2.05, 4.69) is 77.9 Å². The molecule has 0 aliphatic carbocycles. The van der Waals surface area contributed by atoms with Crippen LogP contribution in [-0.2, 0) is 16.9 Å². The summed E-state index contributed by atoms with van der Waals surface area (Å²) < 4.78 is 8.94. The number of anilines is 1. The van der Waals surface area contributed by atoms with Gasteiger partial charge in [-0.25, -0.2) is 4.79 Å². The summed E-state index contributed by atoms with van der Waals surface area (Å²) >= 11 is 0. The van der Waals surface area contributed by atoms with E-state index in [1.54, 1.807) is 0 Å². The average Bonchev–Trinajstić information content (AvgIpc) is 3.37. The number of carbonyl (C=O) groups is 1. The van der Waals surface area contributed by atoms with Gasteiger partial charge in [-0.3, -0.25) is 0 Å². The number of hydrogen-bond acceptors (Lipinski definition) is 3. The van der Waals surface area contributed by atoms with Gasteiger partial charge in [-0.2, -0.15) is 0 Å². The molecule has 192 valence electrons. The smallest absolute Gasteiger partial charge is 0.340 e. The second-order valence-electron chi connectivity index (χ2n) is 10.5. The first-order chi connectivity index (χ1) is 18.0. The van der Waals surface area contributed by atoms with Gasteiger partial charge in [0.25, 0.3) is 0 Å². The summed E-state index contributed by atoms with van der Waals surface area (Å²) in [6.07, 6.45) is 7.55. The SMILES string of the molecule is CCCCCCCCn1c(C)c(C2(c3ccc(N(C)C)cc3)OC(=O)c3ccccc32)c2ccccc21. The van der Waals surface area contributed by atoms with E-state index in [1.165, 1.54) is 37.6 Å². The highest BCUT2D eigenvalue weighted by Gasteiger charge is 2.50. The second kappa shape index (κ2) is 10.5. The number of rotatable bonds is 10. The summed E-state index contributed by atoms with van der Waals surface area (Å²) in [6.45, 7) is 5.41. The fourth-order valence-electron chi connectivity index (χ4n) is 5.97. The lowest BCUT2D eigenvalue weighted by molar-refractivity contribution is 0.0253. The summed E-state index contributed by atoms with van der Waals surface area (Å²) in [6, 6.07) is 24.9. The Morgan fingerprint density at radius 1 is 0.838 bits per heavy atom. The molecule has 1 aliphatic rings. The van der Waals surface area contributed by atoms with Gasteiger partial charge in [-0.05, 0) is 37.6 Å². The molecule has 0 fully saturated rings. The summed E-state index contributed by atoms with van der Waals surface area (Å²) in [5, 5.41) is 1.15. The molecule has 0 saturated carbocycles. The van der Waals surface area contributed by atoms with Crippen LogP contribution in [0.25, 0.3) is 10.9 Å². The van der Waals surface area contributed by atoms with E-state index in [9.17, 15) is 4.79 Å². The Balaban J connectivity index is 1.67. The van der Waals surface area contributed by atoms with Crippen molar-refractivity contribution >= 4 is 22.6 Å². The summed E-state index contributed by atoms with van der Waals surface area (Å²) in [7, 11) is 4.07. The fourth-order valence-corrected chi connectivity index (χ4v) is 5.97. The highest BCUT2D eigenvalue weighted by atomic mass is 16.6. The van der Waals surface area contributed by atoms with Crippen molar-refractivity contribution in [2.75, 3.05) is 19.0 Å². The second-order valence-corrected chi connectivity index (χ2v) is 10.5. The van der Waals surface area contributed by atoms with Crippen molar-refractivity contribution < 1.29 is 9.53 Å². The predicted molar refractivity (Wildman–Crippen MR) is 153 cm³/mol. The number of cyclic esters (lactones) is 1. The van der Waals surface area contributed by atoms with Crippen LogP contribution in [0.3, 0.4) is 0 Å². The molecule has 1 atom stereocenters. The van der Waals surface area contributed by atoms with E-state index in [0.29, 0.717) is 5.56 Å². The van der Waals surface area contributed by atoms with Gasteiger partial charge in [0.2, 0.25) is 0 Å². The average molecular weight is 495 g/mol. The van der Waals surface area contributed by atoms with Crippen LogP contribution in [0.15, 0.2) is 72.8 Å². The number of unbranched alkanes of at least 4 members (excludes halogenated alkanes) is 5. The van der Waals surface area contributed by atoms with Crippen LogP contribution in [0.2, 0.25) is 0 Å². The monoisotopic (exact) mass is 494 g/mol. The van der Waals surface area contributed by atoms with Crippen molar-refractivity contribution in [3.8, 4) is 0 Å². The number of para-hydroxylation sites is 1. The van der Waals surface area contributed by atoms with Gasteiger partial charge >= 0.3 is 5.97 Å². The molecule has 2 heterocycles. The first-order valence-corrected chi connectivity index (χ1v) is 13.7. The Hall–Kier alpha value is -3.53. The summed E-state index contributed by atoms with van der Waals surface area (Å²) in [5.41, 5.74) is 6.10. The molecule has 0 spiro atoms. The van der Waals surface area contributed by atoms with Crippen LogP contribution in [0.5, 0.6) is 0 Å². The first kappa shape index (κ1) is 25.1. The van der Waals surface area contributed by atoms with E-state index in [0.717, 1.165) is 46.4 Å². The molecule has 4 nitrogen and oxygen atoms in total. The topological polar surface area (TPSA) is 34.5 Å². The van der Waals surface area contributed by atoms with Crippen LogP contribution in [0.4, 0.5) is 5.69 Å². The molecular formula is C33H38N2O2. The fraction of sp³-hybridized carbons (Fsp3) is 0.364. The molecule has 0 radical (unpaired) electrons. The Morgan fingerprint density at radius 2 is 1.51 bits per heavy atom. The molecule has 1 unspecified atom stereocenters. The van der Waals surface area contributed by atoms with E-state index >= 15 is 0 Å².